The summed E-state index contributed by atoms with van der Waals surface area (Å²) in [4.78, 5) is 14.8. The molecule has 0 fully saturated rings. The molecule has 0 atom stereocenters. The summed E-state index contributed by atoms with van der Waals surface area (Å²) >= 11 is 3.77. The SMILES string of the molecule is CCCCCCc1cc(C=Nc2ccccc2)sc1-c1cc(-c2sc(C=Nc3ccccc3)cc2CCCCCC)c2cccccc1-2. The van der Waals surface area contributed by atoms with Crippen molar-refractivity contribution in [3.05, 3.63) is 130 Å². The third-order valence-corrected chi connectivity index (χ3v) is 11.1. The van der Waals surface area contributed by atoms with Crippen molar-refractivity contribution in [1.82, 2.24) is 0 Å². The molecule has 2 aromatic carbocycles. The maximum Gasteiger partial charge on any atom is 0.0630 e. The van der Waals surface area contributed by atoms with Gasteiger partial charge in [0.2, 0.25) is 0 Å². The van der Waals surface area contributed by atoms with Gasteiger partial charge in [-0.3, -0.25) is 9.98 Å². The highest BCUT2D eigenvalue weighted by Gasteiger charge is 2.23. The zero-order chi connectivity index (χ0) is 33.0. The molecule has 2 aliphatic carbocycles. The summed E-state index contributed by atoms with van der Waals surface area (Å²) in [6.07, 6.45) is 16.3. The number of para-hydroxylation sites is 2. The predicted molar refractivity (Wildman–Crippen MR) is 213 cm³/mol. The van der Waals surface area contributed by atoms with Crippen molar-refractivity contribution in [2.45, 2.75) is 78.1 Å². The van der Waals surface area contributed by atoms with Crippen molar-refractivity contribution in [2.75, 3.05) is 0 Å². The number of hydrogen-bond donors (Lipinski definition) is 0. The Kier molecular flexibility index (Phi) is 12.2. The Labute approximate surface area is 295 Å². The van der Waals surface area contributed by atoms with Crippen LogP contribution >= 0.6 is 22.7 Å². The van der Waals surface area contributed by atoms with E-state index in [2.05, 4.69) is 99.1 Å². The Morgan fingerprint density at radius 1 is 0.458 bits per heavy atom. The second kappa shape index (κ2) is 17.3. The number of nitrogens with zero attached hydrogens (tertiary/aromatic N) is 2. The van der Waals surface area contributed by atoms with Crippen LogP contribution in [0.2, 0.25) is 0 Å². The van der Waals surface area contributed by atoms with Crippen molar-refractivity contribution >= 4 is 46.5 Å². The molecule has 2 heterocycles. The first-order valence-corrected chi connectivity index (χ1v) is 19.3. The zero-order valence-corrected chi connectivity index (χ0v) is 30.0. The zero-order valence-electron chi connectivity index (χ0n) is 28.3. The van der Waals surface area contributed by atoms with Gasteiger partial charge in [-0.1, -0.05) is 119 Å². The molecule has 0 spiro atoms. The van der Waals surface area contributed by atoms with Crippen LogP contribution in [0.4, 0.5) is 11.4 Å². The first kappa shape index (κ1) is 33.8. The van der Waals surface area contributed by atoms with Crippen LogP contribution in [0.15, 0.2) is 119 Å². The highest BCUT2D eigenvalue weighted by molar-refractivity contribution is 7.18. The van der Waals surface area contributed by atoms with Gasteiger partial charge in [0, 0.05) is 43.1 Å². The van der Waals surface area contributed by atoms with Crippen LogP contribution in [0, 0.1) is 0 Å². The second-order valence-corrected chi connectivity index (χ2v) is 14.7. The lowest BCUT2D eigenvalue weighted by molar-refractivity contribution is 0.668. The molecule has 48 heavy (non-hydrogen) atoms. The molecular formula is C44H46N2S2. The number of benzene rings is 2. The Hall–Kier alpha value is -4.12. The summed E-state index contributed by atoms with van der Waals surface area (Å²) in [6.45, 7) is 4.57. The maximum absolute atomic E-state index is 4.83. The molecule has 0 amide bonds. The highest BCUT2D eigenvalue weighted by atomic mass is 32.1. The fraction of sp³-hybridized carbons (Fsp3) is 0.273. The highest BCUT2D eigenvalue weighted by Crippen LogP contribution is 2.49. The van der Waals surface area contributed by atoms with Crippen LogP contribution in [0.3, 0.4) is 0 Å². The lowest BCUT2D eigenvalue weighted by Gasteiger charge is -2.05. The summed E-state index contributed by atoms with van der Waals surface area (Å²) in [7, 11) is 0. The Morgan fingerprint density at radius 3 is 1.29 bits per heavy atom. The van der Waals surface area contributed by atoms with Crippen LogP contribution in [-0.4, -0.2) is 12.4 Å². The van der Waals surface area contributed by atoms with E-state index in [4.69, 9.17) is 9.98 Å². The van der Waals surface area contributed by atoms with Crippen LogP contribution < -0.4 is 0 Å². The van der Waals surface area contributed by atoms with Crippen LogP contribution in [0.25, 0.3) is 32.0 Å². The van der Waals surface area contributed by atoms with Crippen molar-refractivity contribution in [3.8, 4) is 32.0 Å². The molecule has 0 aliphatic heterocycles. The van der Waals surface area contributed by atoms with E-state index in [1.54, 1.807) is 0 Å². The van der Waals surface area contributed by atoms with Gasteiger partial charge in [0.15, 0.2) is 0 Å². The summed E-state index contributed by atoms with van der Waals surface area (Å²) in [5, 5.41) is 0. The van der Waals surface area contributed by atoms with Gasteiger partial charge in [0.05, 0.1) is 11.4 Å². The number of aliphatic imine (C=N–C) groups is 2. The van der Waals surface area contributed by atoms with E-state index >= 15 is 0 Å². The molecule has 6 rings (SSSR count). The average molecular weight is 667 g/mol. The van der Waals surface area contributed by atoms with Gasteiger partial charge in [-0.05, 0) is 90.4 Å². The molecule has 2 aliphatic rings. The van der Waals surface area contributed by atoms with Gasteiger partial charge >= 0.3 is 0 Å². The van der Waals surface area contributed by atoms with Crippen molar-refractivity contribution in [2.24, 2.45) is 9.98 Å². The van der Waals surface area contributed by atoms with Gasteiger partial charge in [-0.2, -0.15) is 0 Å². The summed E-state index contributed by atoms with van der Waals surface area (Å²) < 4.78 is 0. The lowest BCUT2D eigenvalue weighted by Crippen LogP contribution is -1.86. The van der Waals surface area contributed by atoms with Crippen LogP contribution in [0.5, 0.6) is 0 Å². The third-order valence-electron chi connectivity index (χ3n) is 8.85. The van der Waals surface area contributed by atoms with Gasteiger partial charge in [-0.15, -0.1) is 22.7 Å². The molecule has 0 saturated heterocycles. The number of unbranched alkanes of at least 4 members (excludes halogenated alkanes) is 6. The van der Waals surface area contributed by atoms with Gasteiger partial charge in [0.25, 0.3) is 0 Å². The minimum Gasteiger partial charge on any atom is -0.255 e. The molecule has 0 radical (unpaired) electrons. The van der Waals surface area contributed by atoms with E-state index in [0.717, 1.165) is 24.2 Å². The van der Waals surface area contributed by atoms with Gasteiger partial charge in [-0.25, -0.2) is 0 Å². The summed E-state index contributed by atoms with van der Waals surface area (Å²) in [5.74, 6) is 0. The number of fused-ring (bicyclic) bond motifs is 1. The van der Waals surface area contributed by atoms with Crippen molar-refractivity contribution in [1.29, 1.82) is 0 Å². The number of hydrogen-bond acceptors (Lipinski definition) is 4. The van der Waals surface area contributed by atoms with Crippen molar-refractivity contribution < 1.29 is 0 Å². The number of thiophene rings is 2. The lowest BCUT2D eigenvalue weighted by atomic mass is 10.0. The Morgan fingerprint density at radius 2 is 0.875 bits per heavy atom. The van der Waals surface area contributed by atoms with Gasteiger partial charge in [0.1, 0.15) is 0 Å². The standard InChI is InChI=1S/C44H46N2S2/c1-3-5-7-12-20-33-28-37(31-45-35-22-14-9-15-23-35)47-43(33)41-30-42(40-27-19-11-18-26-39(40)41)44-34(21-13-8-6-4-2)29-38(48-44)32-46-36-24-16-10-17-25-36/h9-11,14-19,22-32H,3-8,12-13,20-21H2,1-2H3. The fourth-order valence-electron chi connectivity index (χ4n) is 6.34. The van der Waals surface area contributed by atoms with Crippen molar-refractivity contribution in [3.63, 3.8) is 0 Å². The monoisotopic (exact) mass is 666 g/mol. The molecule has 4 heteroatoms. The third kappa shape index (κ3) is 8.66. The van der Waals surface area contributed by atoms with E-state index in [-0.39, 0.29) is 0 Å². The van der Waals surface area contributed by atoms with E-state index in [9.17, 15) is 0 Å². The molecule has 0 N–H and O–H groups in total. The molecule has 2 nitrogen and oxygen atoms in total. The van der Waals surface area contributed by atoms with E-state index in [0.29, 0.717) is 0 Å². The van der Waals surface area contributed by atoms with Crippen LogP contribution in [-0.2, 0) is 12.8 Å². The molecule has 244 valence electrons. The van der Waals surface area contributed by atoms with Gasteiger partial charge < -0.3 is 0 Å². The first-order valence-electron chi connectivity index (χ1n) is 17.7. The fourth-order valence-corrected chi connectivity index (χ4v) is 8.56. The minimum absolute atomic E-state index is 0.987. The first-order chi connectivity index (χ1) is 23.7. The van der Waals surface area contributed by atoms with E-state index in [1.807, 2.05) is 59.1 Å². The molecule has 4 aromatic rings. The quantitative estimate of drug-likeness (QED) is 0.0725. The van der Waals surface area contributed by atoms with E-state index < -0.39 is 0 Å². The second-order valence-electron chi connectivity index (χ2n) is 12.5. The van der Waals surface area contributed by atoms with E-state index in [1.165, 1.54) is 104 Å². The predicted octanol–water partition coefficient (Wildman–Crippen LogP) is 14.0. The summed E-state index contributed by atoms with van der Waals surface area (Å²) in [6, 6.07) is 39.0. The summed E-state index contributed by atoms with van der Waals surface area (Å²) in [5.41, 5.74) is 10.2. The number of aryl methyl sites for hydroxylation is 2. The molecule has 0 bridgehead atoms. The topological polar surface area (TPSA) is 24.7 Å². The smallest absolute Gasteiger partial charge is 0.0630 e. The molecule has 0 unspecified atom stereocenters. The minimum atomic E-state index is 0.987. The molecular weight excluding hydrogens is 621 g/mol. The Bertz CT molecular complexity index is 1760. The number of rotatable bonds is 16. The Balaban J connectivity index is 1.43. The largest absolute Gasteiger partial charge is 0.255 e. The maximum atomic E-state index is 4.83. The normalized spacial score (nSPS) is 11.8. The molecule has 0 saturated carbocycles. The average Bonchev–Trinajstić information content (AvgIpc) is 3.77. The van der Waals surface area contributed by atoms with Crippen LogP contribution in [0.1, 0.15) is 86.1 Å². The molecule has 2 aromatic heterocycles.